The van der Waals surface area contributed by atoms with Gasteiger partial charge >= 0.3 is 12.2 Å². The minimum atomic E-state index is -0.845. The van der Waals surface area contributed by atoms with E-state index in [1.807, 2.05) is 0 Å². The molecule has 168 valence electrons. The third kappa shape index (κ3) is 4.96. The standard InChI is InChI=1S/C21H27N3O7/c1-20(2,3)29-18(27)22-11-13(12-23(22)19(28)30-21(4,5)6)31-24-16(25)14-9-7-8-10-15(14)17(24)26/h7-10,13H,11-12H2,1-6H3. The summed E-state index contributed by atoms with van der Waals surface area (Å²) in [5.41, 5.74) is -1.12. The van der Waals surface area contributed by atoms with Crippen LogP contribution in [0.4, 0.5) is 9.59 Å². The fraction of sp³-hybridized carbons (Fsp3) is 0.524. The van der Waals surface area contributed by atoms with Crippen molar-refractivity contribution >= 4 is 24.0 Å². The smallest absolute Gasteiger partial charge is 0.429 e. The highest BCUT2D eigenvalue weighted by Gasteiger charge is 2.45. The number of hydroxylamine groups is 2. The first-order valence-corrected chi connectivity index (χ1v) is 9.92. The Morgan fingerprint density at radius 1 is 0.806 bits per heavy atom. The summed E-state index contributed by atoms with van der Waals surface area (Å²) in [5.74, 6) is -1.19. The third-order valence-corrected chi connectivity index (χ3v) is 4.26. The first kappa shape index (κ1) is 22.5. The highest BCUT2D eigenvalue weighted by Crippen LogP contribution is 2.27. The number of carbonyl (C=O) groups is 4. The highest BCUT2D eigenvalue weighted by atomic mass is 16.7. The van der Waals surface area contributed by atoms with E-state index in [0.29, 0.717) is 5.06 Å². The van der Waals surface area contributed by atoms with Crippen LogP contribution in [0.3, 0.4) is 0 Å². The number of rotatable bonds is 2. The van der Waals surface area contributed by atoms with E-state index in [1.54, 1.807) is 53.7 Å². The molecule has 0 atom stereocenters. The molecule has 2 aliphatic heterocycles. The Morgan fingerprint density at radius 3 is 1.55 bits per heavy atom. The highest BCUT2D eigenvalue weighted by molar-refractivity contribution is 6.20. The maximum Gasteiger partial charge on any atom is 0.429 e. The van der Waals surface area contributed by atoms with Gasteiger partial charge in [0.1, 0.15) is 17.3 Å². The number of hydrogen-bond donors (Lipinski definition) is 0. The summed E-state index contributed by atoms with van der Waals surface area (Å²) in [6.45, 7) is 9.98. The second kappa shape index (κ2) is 7.84. The Balaban J connectivity index is 1.78. The molecule has 0 spiro atoms. The molecule has 0 unspecified atom stereocenters. The van der Waals surface area contributed by atoms with E-state index in [2.05, 4.69) is 0 Å². The van der Waals surface area contributed by atoms with Crippen molar-refractivity contribution < 1.29 is 33.5 Å². The van der Waals surface area contributed by atoms with Crippen molar-refractivity contribution in [3.05, 3.63) is 35.4 Å². The molecule has 2 heterocycles. The van der Waals surface area contributed by atoms with Gasteiger partial charge in [-0.25, -0.2) is 19.6 Å². The maximum atomic E-state index is 12.7. The number of hydrazine groups is 1. The molecule has 0 N–H and O–H groups in total. The van der Waals surface area contributed by atoms with Crippen LogP contribution in [0, 0.1) is 0 Å². The van der Waals surface area contributed by atoms with Crippen LogP contribution in [0.5, 0.6) is 0 Å². The Hall–Kier alpha value is -3.14. The molecule has 1 aromatic carbocycles. The van der Waals surface area contributed by atoms with E-state index in [0.717, 1.165) is 10.0 Å². The van der Waals surface area contributed by atoms with Crippen molar-refractivity contribution in [3.63, 3.8) is 0 Å². The second-order valence-corrected chi connectivity index (χ2v) is 9.30. The molecule has 2 aliphatic rings. The Kier molecular flexibility index (Phi) is 5.70. The largest absolute Gasteiger partial charge is 0.442 e. The summed E-state index contributed by atoms with van der Waals surface area (Å²) in [7, 11) is 0. The van der Waals surface area contributed by atoms with Gasteiger partial charge in [-0.15, -0.1) is 5.06 Å². The van der Waals surface area contributed by atoms with E-state index in [-0.39, 0.29) is 24.2 Å². The summed E-state index contributed by atoms with van der Waals surface area (Å²) in [4.78, 5) is 56.1. The van der Waals surface area contributed by atoms with Crippen LogP contribution in [-0.4, -0.2) is 69.5 Å². The van der Waals surface area contributed by atoms with Crippen LogP contribution in [0.25, 0.3) is 0 Å². The average Bonchev–Trinajstić information content (AvgIpc) is 3.15. The lowest BCUT2D eigenvalue weighted by Gasteiger charge is -2.31. The van der Waals surface area contributed by atoms with Gasteiger partial charge in [0, 0.05) is 0 Å². The number of ether oxygens (including phenoxy) is 2. The molecule has 4 amide bonds. The van der Waals surface area contributed by atoms with E-state index in [4.69, 9.17) is 14.3 Å². The fourth-order valence-corrected chi connectivity index (χ4v) is 3.09. The summed E-state index contributed by atoms with van der Waals surface area (Å²) in [5, 5.41) is 2.78. The lowest BCUT2D eigenvalue weighted by atomic mass is 10.1. The number of amides is 4. The van der Waals surface area contributed by atoms with Crippen LogP contribution in [-0.2, 0) is 14.3 Å². The zero-order chi connectivity index (χ0) is 23.1. The molecule has 10 heteroatoms. The number of nitrogens with zero attached hydrogens (tertiary/aromatic N) is 3. The number of benzene rings is 1. The molecule has 0 aliphatic carbocycles. The normalized spacial score (nSPS) is 17.3. The molecule has 0 saturated carbocycles. The van der Waals surface area contributed by atoms with Crippen LogP contribution < -0.4 is 0 Å². The van der Waals surface area contributed by atoms with Gasteiger partial charge in [0.25, 0.3) is 11.8 Å². The van der Waals surface area contributed by atoms with Gasteiger partial charge in [-0.3, -0.25) is 14.4 Å². The summed E-state index contributed by atoms with van der Waals surface area (Å²) in [6, 6.07) is 6.37. The third-order valence-electron chi connectivity index (χ3n) is 4.26. The minimum absolute atomic E-state index is 0.110. The van der Waals surface area contributed by atoms with Gasteiger partial charge in [0.2, 0.25) is 0 Å². The molecule has 10 nitrogen and oxygen atoms in total. The predicted molar refractivity (Wildman–Crippen MR) is 108 cm³/mol. The SMILES string of the molecule is CC(C)(C)OC(=O)N1CC(ON2C(=O)c3ccccc3C2=O)CN1C(=O)OC(C)(C)C. The van der Waals surface area contributed by atoms with Crippen LogP contribution in [0.15, 0.2) is 24.3 Å². The first-order valence-electron chi connectivity index (χ1n) is 9.92. The number of hydrogen-bond acceptors (Lipinski definition) is 7. The molecule has 1 aromatic rings. The van der Waals surface area contributed by atoms with E-state index in [1.165, 1.54) is 12.1 Å². The summed E-state index contributed by atoms with van der Waals surface area (Å²) < 4.78 is 10.8. The van der Waals surface area contributed by atoms with Crippen LogP contribution in [0.1, 0.15) is 62.3 Å². The molecule has 0 radical (unpaired) electrons. The molecule has 31 heavy (non-hydrogen) atoms. The molecular weight excluding hydrogens is 406 g/mol. The van der Waals surface area contributed by atoms with Crippen molar-refractivity contribution in [1.82, 2.24) is 15.1 Å². The second-order valence-electron chi connectivity index (χ2n) is 9.30. The van der Waals surface area contributed by atoms with E-state index >= 15 is 0 Å². The predicted octanol–water partition coefficient (Wildman–Crippen LogP) is 2.99. The molecule has 3 rings (SSSR count). The van der Waals surface area contributed by atoms with Crippen molar-refractivity contribution in [3.8, 4) is 0 Å². The van der Waals surface area contributed by atoms with Gasteiger partial charge in [0.15, 0.2) is 0 Å². The summed E-state index contributed by atoms with van der Waals surface area (Å²) in [6.07, 6.45) is -2.39. The minimum Gasteiger partial charge on any atom is -0.442 e. The van der Waals surface area contributed by atoms with Crippen molar-refractivity contribution in [2.45, 2.75) is 58.8 Å². The molecule has 0 aromatic heterocycles. The van der Waals surface area contributed by atoms with Crippen LogP contribution >= 0.6 is 0 Å². The zero-order valence-electron chi connectivity index (χ0n) is 18.5. The fourth-order valence-electron chi connectivity index (χ4n) is 3.09. The molecule has 1 fully saturated rings. The molecule has 1 saturated heterocycles. The van der Waals surface area contributed by atoms with E-state index < -0.39 is 41.3 Å². The number of imide groups is 1. The van der Waals surface area contributed by atoms with Crippen molar-refractivity contribution in [1.29, 1.82) is 0 Å². The Morgan fingerprint density at radius 2 is 1.19 bits per heavy atom. The number of carbonyl (C=O) groups excluding carboxylic acids is 4. The van der Waals surface area contributed by atoms with Gasteiger partial charge < -0.3 is 9.47 Å². The van der Waals surface area contributed by atoms with Gasteiger partial charge in [-0.2, -0.15) is 0 Å². The number of fused-ring (bicyclic) bond motifs is 1. The monoisotopic (exact) mass is 433 g/mol. The topological polar surface area (TPSA) is 106 Å². The zero-order valence-corrected chi connectivity index (χ0v) is 18.5. The maximum absolute atomic E-state index is 12.7. The van der Waals surface area contributed by atoms with Gasteiger partial charge in [0.05, 0.1) is 24.2 Å². The van der Waals surface area contributed by atoms with Crippen LogP contribution in [0.2, 0.25) is 0 Å². The lowest BCUT2D eigenvalue weighted by molar-refractivity contribution is -0.124. The Bertz CT molecular complexity index is 845. The average molecular weight is 433 g/mol. The quantitative estimate of drug-likeness (QED) is 0.660. The van der Waals surface area contributed by atoms with Crippen molar-refractivity contribution in [2.24, 2.45) is 0 Å². The van der Waals surface area contributed by atoms with E-state index in [9.17, 15) is 19.2 Å². The Labute approximate surface area is 180 Å². The van der Waals surface area contributed by atoms with Crippen molar-refractivity contribution in [2.75, 3.05) is 13.1 Å². The lowest BCUT2D eigenvalue weighted by Crippen LogP contribution is -2.48. The van der Waals surface area contributed by atoms with Gasteiger partial charge in [-0.1, -0.05) is 12.1 Å². The van der Waals surface area contributed by atoms with Gasteiger partial charge in [-0.05, 0) is 53.7 Å². The first-order chi connectivity index (χ1) is 14.3. The molecular formula is C21H27N3O7. The summed E-state index contributed by atoms with van der Waals surface area (Å²) >= 11 is 0. The molecule has 0 bridgehead atoms.